The van der Waals surface area contributed by atoms with Crippen LogP contribution in [0.25, 0.3) is 0 Å². The normalized spacial score (nSPS) is 27.2. The third kappa shape index (κ3) is 3.23. The first-order valence-electron chi connectivity index (χ1n) is 7.74. The highest BCUT2D eigenvalue weighted by molar-refractivity contribution is 5.07. The van der Waals surface area contributed by atoms with E-state index >= 15 is 0 Å². The van der Waals surface area contributed by atoms with E-state index in [4.69, 9.17) is 0 Å². The van der Waals surface area contributed by atoms with Crippen molar-refractivity contribution in [2.45, 2.75) is 59.3 Å². The van der Waals surface area contributed by atoms with E-state index in [9.17, 15) is 5.26 Å². The molecule has 0 spiro atoms. The fraction of sp³-hybridized carbons (Fsp3) is 0.765. The second-order valence-corrected chi connectivity index (χ2v) is 7.48. The van der Waals surface area contributed by atoms with Gasteiger partial charge in [-0.2, -0.15) is 10.4 Å². The lowest BCUT2D eigenvalue weighted by Gasteiger charge is -2.40. The average Bonchev–Trinajstić information content (AvgIpc) is 2.81. The first kappa shape index (κ1) is 15.1. The monoisotopic (exact) mass is 273 g/mol. The summed E-state index contributed by atoms with van der Waals surface area (Å²) in [6.45, 7) is 6.98. The Kier molecular flexibility index (Phi) is 4.22. The molecule has 0 aliphatic heterocycles. The Labute approximate surface area is 123 Å². The molecule has 0 radical (unpaired) electrons. The Balaban J connectivity index is 1.96. The van der Waals surface area contributed by atoms with E-state index in [1.165, 1.54) is 18.5 Å². The van der Waals surface area contributed by atoms with Crippen molar-refractivity contribution in [3.05, 3.63) is 18.0 Å². The van der Waals surface area contributed by atoms with Gasteiger partial charge in [0.05, 0.1) is 11.5 Å². The predicted molar refractivity (Wildman–Crippen MR) is 81.0 cm³/mol. The number of hydrogen-bond donors (Lipinski definition) is 0. The van der Waals surface area contributed by atoms with E-state index in [1.54, 1.807) is 0 Å². The Bertz CT molecular complexity index is 479. The molecule has 0 aromatic carbocycles. The molecular weight excluding hydrogens is 246 g/mol. The standard InChI is InChI=1S/C17H27N3/c1-16(2,3)14-5-9-17(13-18,10-6-14)11-7-15-8-12-19-20(15)4/h8,12,14H,5-7,9-11H2,1-4H3. The highest BCUT2D eigenvalue weighted by Crippen LogP contribution is 2.47. The molecule has 1 aromatic heterocycles. The van der Waals surface area contributed by atoms with Crippen molar-refractivity contribution in [2.75, 3.05) is 0 Å². The van der Waals surface area contributed by atoms with Crippen LogP contribution < -0.4 is 0 Å². The number of nitriles is 1. The van der Waals surface area contributed by atoms with Crippen molar-refractivity contribution in [3.8, 4) is 6.07 Å². The molecule has 0 bridgehead atoms. The maximum Gasteiger partial charge on any atom is 0.0689 e. The molecule has 0 N–H and O–H groups in total. The molecule has 1 fully saturated rings. The van der Waals surface area contributed by atoms with E-state index in [1.807, 2.05) is 17.9 Å². The van der Waals surface area contributed by atoms with Crippen molar-refractivity contribution in [2.24, 2.45) is 23.8 Å². The summed E-state index contributed by atoms with van der Waals surface area (Å²) in [5.74, 6) is 0.765. The van der Waals surface area contributed by atoms with Gasteiger partial charge in [-0.25, -0.2) is 0 Å². The van der Waals surface area contributed by atoms with Crippen molar-refractivity contribution in [1.29, 1.82) is 5.26 Å². The van der Waals surface area contributed by atoms with Crippen LogP contribution in [0.5, 0.6) is 0 Å². The minimum atomic E-state index is -0.105. The maximum atomic E-state index is 9.66. The van der Waals surface area contributed by atoms with Crippen LogP contribution in [-0.2, 0) is 13.5 Å². The van der Waals surface area contributed by atoms with E-state index in [2.05, 4.69) is 38.0 Å². The average molecular weight is 273 g/mol. The van der Waals surface area contributed by atoms with Crippen molar-refractivity contribution < 1.29 is 0 Å². The number of aromatic nitrogens is 2. The number of hydrogen-bond acceptors (Lipinski definition) is 2. The third-order valence-corrected chi connectivity index (χ3v) is 5.19. The summed E-state index contributed by atoms with van der Waals surface area (Å²) < 4.78 is 1.92. The molecule has 0 atom stereocenters. The van der Waals surface area contributed by atoms with Gasteiger partial charge in [0.2, 0.25) is 0 Å². The van der Waals surface area contributed by atoms with Crippen LogP contribution in [-0.4, -0.2) is 9.78 Å². The van der Waals surface area contributed by atoms with Crippen LogP contribution >= 0.6 is 0 Å². The summed E-state index contributed by atoms with van der Waals surface area (Å²) in [6.07, 6.45) is 8.28. The quantitative estimate of drug-likeness (QED) is 0.832. The Morgan fingerprint density at radius 2 is 2.05 bits per heavy atom. The first-order chi connectivity index (χ1) is 9.36. The smallest absolute Gasteiger partial charge is 0.0689 e. The van der Waals surface area contributed by atoms with Crippen LogP contribution in [0.15, 0.2) is 12.3 Å². The van der Waals surface area contributed by atoms with E-state index in [0.29, 0.717) is 5.41 Å². The van der Waals surface area contributed by atoms with Crippen molar-refractivity contribution in [3.63, 3.8) is 0 Å². The molecule has 1 heterocycles. The minimum absolute atomic E-state index is 0.105. The van der Waals surface area contributed by atoms with Gasteiger partial charge in [0, 0.05) is 18.9 Å². The number of nitrogens with zero attached hydrogens (tertiary/aromatic N) is 3. The van der Waals surface area contributed by atoms with Gasteiger partial charge in [0.1, 0.15) is 0 Å². The third-order valence-electron chi connectivity index (χ3n) is 5.19. The molecule has 110 valence electrons. The second-order valence-electron chi connectivity index (χ2n) is 7.48. The Hall–Kier alpha value is -1.30. The minimum Gasteiger partial charge on any atom is -0.273 e. The maximum absolute atomic E-state index is 9.66. The highest BCUT2D eigenvalue weighted by atomic mass is 15.2. The molecule has 1 aliphatic rings. The van der Waals surface area contributed by atoms with Crippen molar-refractivity contribution >= 4 is 0 Å². The van der Waals surface area contributed by atoms with Gasteiger partial charge in [-0.1, -0.05) is 20.8 Å². The lowest BCUT2D eigenvalue weighted by Crippen LogP contribution is -2.32. The fourth-order valence-electron chi connectivity index (χ4n) is 3.47. The predicted octanol–water partition coefficient (Wildman–Crippen LogP) is 4.10. The molecule has 3 nitrogen and oxygen atoms in total. The largest absolute Gasteiger partial charge is 0.273 e. The summed E-state index contributed by atoms with van der Waals surface area (Å²) in [4.78, 5) is 0. The molecule has 0 unspecified atom stereocenters. The van der Waals surface area contributed by atoms with Gasteiger partial charge in [-0.15, -0.1) is 0 Å². The fourth-order valence-corrected chi connectivity index (χ4v) is 3.47. The molecule has 3 heteroatoms. The SMILES string of the molecule is Cn1nccc1CCC1(C#N)CCC(C(C)(C)C)CC1. The van der Waals surface area contributed by atoms with Gasteiger partial charge < -0.3 is 0 Å². The van der Waals surface area contributed by atoms with Gasteiger partial charge in [-0.05, 0) is 55.9 Å². The molecule has 20 heavy (non-hydrogen) atoms. The zero-order valence-electron chi connectivity index (χ0n) is 13.3. The van der Waals surface area contributed by atoms with Crippen LogP contribution in [0.2, 0.25) is 0 Å². The zero-order valence-corrected chi connectivity index (χ0v) is 13.3. The summed E-state index contributed by atoms with van der Waals surface area (Å²) in [5, 5.41) is 13.9. The van der Waals surface area contributed by atoms with Crippen LogP contribution in [0, 0.1) is 28.1 Å². The summed E-state index contributed by atoms with van der Waals surface area (Å²) >= 11 is 0. The van der Waals surface area contributed by atoms with Gasteiger partial charge in [-0.3, -0.25) is 4.68 Å². The summed E-state index contributed by atoms with van der Waals surface area (Å²) in [5.41, 5.74) is 1.51. The van der Waals surface area contributed by atoms with Crippen LogP contribution in [0.1, 0.15) is 58.6 Å². The molecule has 1 aromatic rings. The zero-order chi connectivity index (χ0) is 14.8. The molecule has 2 rings (SSSR count). The molecule has 0 saturated heterocycles. The molecule has 0 amide bonds. The van der Waals surface area contributed by atoms with Gasteiger partial charge in [0.25, 0.3) is 0 Å². The van der Waals surface area contributed by atoms with E-state index in [0.717, 1.165) is 31.6 Å². The van der Waals surface area contributed by atoms with Crippen molar-refractivity contribution in [1.82, 2.24) is 9.78 Å². The molecular formula is C17H27N3. The highest BCUT2D eigenvalue weighted by Gasteiger charge is 2.38. The van der Waals surface area contributed by atoms with E-state index in [-0.39, 0.29) is 5.41 Å². The Morgan fingerprint density at radius 3 is 2.50 bits per heavy atom. The molecule has 1 saturated carbocycles. The lowest BCUT2D eigenvalue weighted by molar-refractivity contribution is 0.115. The summed E-state index contributed by atoms with van der Waals surface area (Å²) in [7, 11) is 1.98. The lowest BCUT2D eigenvalue weighted by atomic mass is 9.63. The first-order valence-corrected chi connectivity index (χ1v) is 7.74. The number of rotatable bonds is 3. The van der Waals surface area contributed by atoms with Crippen LogP contribution in [0.4, 0.5) is 0 Å². The van der Waals surface area contributed by atoms with Gasteiger partial charge >= 0.3 is 0 Å². The Morgan fingerprint density at radius 1 is 1.40 bits per heavy atom. The topological polar surface area (TPSA) is 41.6 Å². The summed E-state index contributed by atoms with van der Waals surface area (Å²) in [6, 6.07) is 4.70. The van der Waals surface area contributed by atoms with Crippen LogP contribution in [0.3, 0.4) is 0 Å². The van der Waals surface area contributed by atoms with Gasteiger partial charge in [0.15, 0.2) is 0 Å². The van der Waals surface area contributed by atoms with E-state index < -0.39 is 0 Å². The number of aryl methyl sites for hydroxylation is 2. The molecule has 1 aliphatic carbocycles. The second kappa shape index (κ2) is 5.60.